The Kier molecular flexibility index (Phi) is 4.61. The molecule has 0 aromatic heterocycles. The first-order valence-corrected chi connectivity index (χ1v) is 7.62. The third-order valence-corrected chi connectivity index (χ3v) is 3.45. The molecule has 2 N–H and O–H groups in total. The van der Waals surface area contributed by atoms with Crippen LogP contribution in [0, 0.1) is 6.92 Å². The number of ether oxygens (including phenoxy) is 2. The van der Waals surface area contributed by atoms with Gasteiger partial charge in [-0.25, -0.2) is 9.79 Å². The van der Waals surface area contributed by atoms with E-state index in [1.165, 1.54) is 0 Å². The number of aryl methyl sites for hydroxylation is 1. The first-order valence-electron chi connectivity index (χ1n) is 7.62. The van der Waals surface area contributed by atoms with Crippen molar-refractivity contribution in [1.82, 2.24) is 0 Å². The van der Waals surface area contributed by atoms with Crippen LogP contribution in [-0.4, -0.2) is 24.4 Å². The lowest BCUT2D eigenvalue weighted by atomic mass is 10.1. The molecule has 25 heavy (non-hydrogen) atoms. The molecule has 6 nitrogen and oxygen atoms in total. The van der Waals surface area contributed by atoms with Gasteiger partial charge in [-0.15, -0.1) is 0 Å². The highest BCUT2D eigenvalue weighted by Crippen LogP contribution is 2.21. The highest BCUT2D eigenvalue weighted by Gasteiger charge is 2.24. The van der Waals surface area contributed by atoms with Crippen molar-refractivity contribution in [2.45, 2.75) is 6.92 Å². The van der Waals surface area contributed by atoms with E-state index in [9.17, 15) is 9.59 Å². The molecular weight excluding hydrogens is 320 g/mol. The monoisotopic (exact) mass is 336 g/mol. The minimum absolute atomic E-state index is 0.184. The van der Waals surface area contributed by atoms with Crippen molar-refractivity contribution in [3.05, 3.63) is 70.9 Å². The van der Waals surface area contributed by atoms with Gasteiger partial charge in [-0.3, -0.25) is 4.79 Å². The van der Waals surface area contributed by atoms with Gasteiger partial charge in [-0.05, 0) is 42.8 Å². The second-order valence-electron chi connectivity index (χ2n) is 5.53. The van der Waals surface area contributed by atoms with Crippen LogP contribution >= 0.6 is 0 Å². The zero-order valence-corrected chi connectivity index (χ0v) is 13.6. The fraction of sp³-hybridized carbons (Fsp3) is 0.105. The molecule has 0 unspecified atom stereocenters. The fourth-order valence-corrected chi connectivity index (χ4v) is 2.28. The zero-order chi connectivity index (χ0) is 17.8. The lowest BCUT2D eigenvalue weighted by Gasteiger charge is -2.03. The number of carbonyl (C=O) groups excluding carboxylic acids is 2. The van der Waals surface area contributed by atoms with Crippen LogP contribution in [0.3, 0.4) is 0 Å². The van der Waals surface area contributed by atoms with Crippen molar-refractivity contribution in [2.75, 3.05) is 6.61 Å². The standard InChI is InChI=1S/C19H16N2O4/c1-12-3-2-4-14(9-12)18-21-16(19(23)25-18)10-13-5-7-15(8-6-13)24-11-17(20)22/h2-10H,11H2,1H3,(H2,20,22)/b16-10+. The number of carbonyl (C=O) groups is 2. The maximum absolute atomic E-state index is 12.0. The molecule has 1 aliphatic rings. The van der Waals surface area contributed by atoms with E-state index in [1.54, 1.807) is 30.3 Å². The maximum Gasteiger partial charge on any atom is 0.363 e. The van der Waals surface area contributed by atoms with Gasteiger partial charge < -0.3 is 15.2 Å². The van der Waals surface area contributed by atoms with Crippen LogP contribution < -0.4 is 10.5 Å². The van der Waals surface area contributed by atoms with E-state index in [-0.39, 0.29) is 12.3 Å². The molecule has 3 rings (SSSR count). The number of esters is 1. The van der Waals surface area contributed by atoms with E-state index >= 15 is 0 Å². The van der Waals surface area contributed by atoms with E-state index in [2.05, 4.69) is 4.99 Å². The number of amides is 1. The SMILES string of the molecule is Cc1cccc(C2=N/C(=C/c3ccc(OCC(N)=O)cc3)C(=O)O2)c1. The first kappa shape index (κ1) is 16.4. The van der Waals surface area contributed by atoms with Gasteiger partial charge in [-0.1, -0.05) is 29.8 Å². The average molecular weight is 336 g/mol. The van der Waals surface area contributed by atoms with Crippen LogP contribution in [0.25, 0.3) is 6.08 Å². The lowest BCUT2D eigenvalue weighted by Crippen LogP contribution is -2.19. The molecule has 0 aliphatic carbocycles. The molecular formula is C19H16N2O4. The molecule has 0 radical (unpaired) electrons. The zero-order valence-electron chi connectivity index (χ0n) is 13.6. The molecule has 0 fully saturated rings. The molecule has 0 spiro atoms. The van der Waals surface area contributed by atoms with Crippen LogP contribution in [0.5, 0.6) is 5.75 Å². The van der Waals surface area contributed by atoms with Gasteiger partial charge in [0.15, 0.2) is 12.3 Å². The van der Waals surface area contributed by atoms with E-state index < -0.39 is 11.9 Å². The Morgan fingerprint density at radius 3 is 2.68 bits per heavy atom. The largest absolute Gasteiger partial charge is 0.484 e. The Balaban J connectivity index is 1.78. The summed E-state index contributed by atoms with van der Waals surface area (Å²) in [7, 11) is 0. The molecule has 2 aromatic carbocycles. The van der Waals surface area contributed by atoms with Crippen LogP contribution in [-0.2, 0) is 14.3 Å². The Morgan fingerprint density at radius 2 is 2.00 bits per heavy atom. The van der Waals surface area contributed by atoms with Crippen LogP contribution in [0.15, 0.2) is 59.2 Å². The molecule has 1 heterocycles. The van der Waals surface area contributed by atoms with Crippen LogP contribution in [0.1, 0.15) is 16.7 Å². The Labute approximate surface area is 144 Å². The first-order chi connectivity index (χ1) is 12.0. The summed E-state index contributed by atoms with van der Waals surface area (Å²) in [6, 6.07) is 14.4. The molecule has 0 bridgehead atoms. The van der Waals surface area contributed by atoms with Crippen molar-refractivity contribution in [3.8, 4) is 5.75 Å². The second-order valence-corrected chi connectivity index (χ2v) is 5.53. The quantitative estimate of drug-likeness (QED) is 0.669. The second kappa shape index (κ2) is 7.00. The number of nitrogens with zero attached hydrogens (tertiary/aromatic N) is 1. The lowest BCUT2D eigenvalue weighted by molar-refractivity contribution is -0.130. The highest BCUT2D eigenvalue weighted by atomic mass is 16.6. The van der Waals surface area contributed by atoms with Gasteiger partial charge in [0.1, 0.15) is 5.75 Å². The Hall–Kier alpha value is -3.41. The number of nitrogens with two attached hydrogens (primary N) is 1. The predicted octanol–water partition coefficient (Wildman–Crippen LogP) is 2.20. The fourth-order valence-electron chi connectivity index (χ4n) is 2.28. The molecule has 2 aromatic rings. The molecule has 126 valence electrons. The summed E-state index contributed by atoms with van der Waals surface area (Å²) in [5.41, 5.74) is 7.82. The third-order valence-electron chi connectivity index (χ3n) is 3.45. The van der Waals surface area contributed by atoms with Gasteiger partial charge in [0.25, 0.3) is 5.91 Å². The summed E-state index contributed by atoms with van der Waals surface area (Å²) in [6.45, 7) is 1.77. The van der Waals surface area contributed by atoms with Crippen molar-refractivity contribution < 1.29 is 19.1 Å². The Morgan fingerprint density at radius 1 is 1.24 bits per heavy atom. The minimum Gasteiger partial charge on any atom is -0.484 e. The highest BCUT2D eigenvalue weighted by molar-refractivity contribution is 6.12. The summed E-state index contributed by atoms with van der Waals surface area (Å²) < 4.78 is 10.4. The molecule has 0 atom stereocenters. The molecule has 0 saturated carbocycles. The average Bonchev–Trinajstić information content (AvgIpc) is 2.95. The van der Waals surface area contributed by atoms with Gasteiger partial charge in [-0.2, -0.15) is 0 Å². The summed E-state index contributed by atoms with van der Waals surface area (Å²) >= 11 is 0. The summed E-state index contributed by atoms with van der Waals surface area (Å²) in [5.74, 6) is -0.233. The summed E-state index contributed by atoms with van der Waals surface area (Å²) in [4.78, 5) is 27.0. The topological polar surface area (TPSA) is 91.0 Å². The number of cyclic esters (lactones) is 1. The van der Waals surface area contributed by atoms with Crippen LogP contribution in [0.2, 0.25) is 0 Å². The van der Waals surface area contributed by atoms with Crippen molar-refractivity contribution in [2.24, 2.45) is 10.7 Å². The minimum atomic E-state index is -0.544. The maximum atomic E-state index is 12.0. The van der Waals surface area contributed by atoms with Gasteiger partial charge in [0.2, 0.25) is 5.90 Å². The van der Waals surface area contributed by atoms with Crippen molar-refractivity contribution in [3.63, 3.8) is 0 Å². The number of rotatable bonds is 5. The molecule has 6 heteroatoms. The van der Waals surface area contributed by atoms with Gasteiger partial charge in [0.05, 0.1) is 0 Å². The smallest absolute Gasteiger partial charge is 0.363 e. The number of aliphatic imine (C=N–C) groups is 1. The molecule has 1 amide bonds. The number of hydrogen-bond donors (Lipinski definition) is 1. The van der Waals surface area contributed by atoms with E-state index in [0.717, 1.165) is 16.7 Å². The number of hydrogen-bond acceptors (Lipinski definition) is 5. The summed E-state index contributed by atoms with van der Waals surface area (Å²) in [6.07, 6.45) is 1.63. The summed E-state index contributed by atoms with van der Waals surface area (Å²) in [5, 5.41) is 0. The van der Waals surface area contributed by atoms with Gasteiger partial charge >= 0.3 is 5.97 Å². The van der Waals surface area contributed by atoms with E-state index in [4.69, 9.17) is 15.2 Å². The van der Waals surface area contributed by atoms with Crippen molar-refractivity contribution in [1.29, 1.82) is 0 Å². The third kappa shape index (κ3) is 4.11. The van der Waals surface area contributed by atoms with Crippen LogP contribution in [0.4, 0.5) is 0 Å². The number of primary amides is 1. The normalized spacial score (nSPS) is 15.0. The predicted molar refractivity (Wildman–Crippen MR) is 92.9 cm³/mol. The number of benzene rings is 2. The Bertz CT molecular complexity index is 883. The molecule has 0 saturated heterocycles. The van der Waals surface area contributed by atoms with Crippen molar-refractivity contribution >= 4 is 23.9 Å². The van der Waals surface area contributed by atoms with E-state index in [0.29, 0.717) is 11.6 Å². The van der Waals surface area contributed by atoms with Gasteiger partial charge in [0, 0.05) is 5.56 Å². The molecule has 1 aliphatic heterocycles. The van der Waals surface area contributed by atoms with E-state index in [1.807, 2.05) is 31.2 Å².